The lowest BCUT2D eigenvalue weighted by Crippen LogP contribution is -2.29. The van der Waals surface area contributed by atoms with E-state index in [0.717, 1.165) is 22.1 Å². The lowest BCUT2D eigenvalue weighted by molar-refractivity contribution is -0.135. The molecule has 0 saturated heterocycles. The van der Waals surface area contributed by atoms with Crippen LogP contribution in [0.5, 0.6) is 0 Å². The zero-order valence-corrected chi connectivity index (χ0v) is 11.0. The number of amides is 1. The van der Waals surface area contributed by atoms with Gasteiger partial charge in [-0.25, -0.2) is 0 Å². The van der Waals surface area contributed by atoms with Crippen LogP contribution >= 0.6 is 0 Å². The molecule has 1 aromatic carbocycles. The molecule has 5 heteroatoms. The van der Waals surface area contributed by atoms with Crippen molar-refractivity contribution in [3.63, 3.8) is 0 Å². The average molecular weight is 261 g/mol. The number of hydrogen-bond acceptors (Lipinski definition) is 3. The maximum atomic E-state index is 11.9. The highest BCUT2D eigenvalue weighted by Gasteiger charge is 2.20. The van der Waals surface area contributed by atoms with Crippen LogP contribution in [0.2, 0.25) is 0 Å². The predicted octanol–water partition coefficient (Wildman–Crippen LogP) is 2.17. The van der Waals surface area contributed by atoms with Gasteiger partial charge in [0.1, 0.15) is 12.1 Å². The number of aryl methyl sites for hydroxylation is 3. The summed E-state index contributed by atoms with van der Waals surface area (Å²) in [5.74, 6) is -1.42. The molecule has 0 spiro atoms. The third-order valence-corrected chi connectivity index (χ3v) is 3.09. The number of carboxylic acids is 1. The van der Waals surface area contributed by atoms with Gasteiger partial charge in [0.05, 0.1) is 0 Å². The van der Waals surface area contributed by atoms with E-state index in [1.165, 1.54) is 0 Å². The van der Waals surface area contributed by atoms with Crippen LogP contribution in [0.1, 0.15) is 27.2 Å². The van der Waals surface area contributed by atoms with E-state index in [-0.39, 0.29) is 5.76 Å². The largest absolute Gasteiger partial charge is 0.480 e. The fourth-order valence-corrected chi connectivity index (χ4v) is 2.13. The van der Waals surface area contributed by atoms with E-state index in [1.54, 1.807) is 6.92 Å². The van der Waals surface area contributed by atoms with Crippen molar-refractivity contribution in [3.05, 3.63) is 34.6 Å². The van der Waals surface area contributed by atoms with Crippen LogP contribution in [0.4, 0.5) is 0 Å². The number of hydrogen-bond donors (Lipinski definition) is 2. The van der Waals surface area contributed by atoms with Gasteiger partial charge in [0.25, 0.3) is 5.91 Å². The second-order valence-corrected chi connectivity index (χ2v) is 4.54. The monoisotopic (exact) mass is 261 g/mol. The summed E-state index contributed by atoms with van der Waals surface area (Å²) < 4.78 is 5.60. The summed E-state index contributed by atoms with van der Waals surface area (Å²) in [5, 5.41) is 11.8. The van der Waals surface area contributed by atoms with Gasteiger partial charge in [0.15, 0.2) is 5.76 Å². The van der Waals surface area contributed by atoms with Gasteiger partial charge in [-0.15, -0.1) is 0 Å². The van der Waals surface area contributed by atoms with Crippen LogP contribution in [-0.2, 0) is 4.79 Å². The second-order valence-electron chi connectivity index (χ2n) is 4.54. The van der Waals surface area contributed by atoms with Crippen LogP contribution in [0.25, 0.3) is 11.0 Å². The fourth-order valence-electron chi connectivity index (χ4n) is 2.13. The minimum Gasteiger partial charge on any atom is -0.480 e. The lowest BCUT2D eigenvalue weighted by Gasteiger charge is -1.99. The third kappa shape index (κ3) is 2.31. The van der Waals surface area contributed by atoms with E-state index in [1.807, 2.05) is 26.0 Å². The standard InChI is InChI=1S/C14H15NO4/c1-7-4-5-8(2)12-11(7)9(3)13(19-12)14(18)15-6-10(16)17/h4-5H,6H2,1-3H3,(H,15,18)(H,16,17). The lowest BCUT2D eigenvalue weighted by atomic mass is 10.0. The Morgan fingerprint density at radius 2 is 1.84 bits per heavy atom. The van der Waals surface area contributed by atoms with E-state index in [0.29, 0.717) is 5.58 Å². The Balaban J connectivity index is 2.48. The number of carbonyl (C=O) groups is 2. The maximum Gasteiger partial charge on any atom is 0.322 e. The number of carbonyl (C=O) groups excluding carboxylic acids is 1. The Hall–Kier alpha value is -2.30. The average Bonchev–Trinajstić information content (AvgIpc) is 2.70. The first kappa shape index (κ1) is 13.1. The van der Waals surface area contributed by atoms with E-state index < -0.39 is 18.4 Å². The number of aliphatic carboxylic acids is 1. The summed E-state index contributed by atoms with van der Waals surface area (Å²) in [5.41, 5.74) is 3.39. The Morgan fingerprint density at radius 3 is 2.42 bits per heavy atom. The van der Waals surface area contributed by atoms with Crippen molar-refractivity contribution in [1.29, 1.82) is 0 Å². The van der Waals surface area contributed by atoms with Gasteiger partial charge >= 0.3 is 5.97 Å². The molecule has 0 aliphatic heterocycles. The van der Waals surface area contributed by atoms with Gasteiger partial charge in [0.2, 0.25) is 0 Å². The van der Waals surface area contributed by atoms with Crippen LogP contribution < -0.4 is 5.32 Å². The van der Waals surface area contributed by atoms with Crippen molar-refractivity contribution >= 4 is 22.8 Å². The highest BCUT2D eigenvalue weighted by atomic mass is 16.4. The first-order valence-corrected chi connectivity index (χ1v) is 5.91. The molecule has 100 valence electrons. The number of carboxylic acid groups (broad SMARTS) is 1. The molecule has 0 aliphatic carbocycles. The summed E-state index contributed by atoms with van der Waals surface area (Å²) in [6.45, 7) is 5.23. The minimum absolute atomic E-state index is 0.175. The summed E-state index contributed by atoms with van der Waals surface area (Å²) in [6, 6.07) is 3.90. The third-order valence-electron chi connectivity index (χ3n) is 3.09. The second kappa shape index (κ2) is 4.76. The van der Waals surface area contributed by atoms with Crippen molar-refractivity contribution < 1.29 is 19.1 Å². The first-order chi connectivity index (χ1) is 8.91. The number of benzene rings is 1. The fraction of sp³-hybridized carbons (Fsp3) is 0.286. The minimum atomic E-state index is -1.09. The van der Waals surface area contributed by atoms with Gasteiger partial charge in [-0.1, -0.05) is 12.1 Å². The molecular weight excluding hydrogens is 246 g/mol. The van der Waals surface area contributed by atoms with Crippen molar-refractivity contribution in [3.8, 4) is 0 Å². The Morgan fingerprint density at radius 1 is 1.21 bits per heavy atom. The Kier molecular flexibility index (Phi) is 3.29. The zero-order valence-electron chi connectivity index (χ0n) is 11.0. The zero-order chi connectivity index (χ0) is 14.2. The van der Waals surface area contributed by atoms with Crippen molar-refractivity contribution in [2.45, 2.75) is 20.8 Å². The molecule has 0 aliphatic rings. The number of nitrogens with one attached hydrogen (secondary N) is 1. The van der Waals surface area contributed by atoms with E-state index in [2.05, 4.69) is 5.32 Å². The van der Waals surface area contributed by atoms with Crippen LogP contribution in [0.15, 0.2) is 16.5 Å². The molecule has 0 radical (unpaired) electrons. The molecule has 2 aromatic rings. The smallest absolute Gasteiger partial charge is 0.322 e. The topological polar surface area (TPSA) is 79.5 Å². The van der Waals surface area contributed by atoms with E-state index in [9.17, 15) is 9.59 Å². The summed E-state index contributed by atoms with van der Waals surface area (Å²) in [4.78, 5) is 22.3. The first-order valence-electron chi connectivity index (χ1n) is 5.91. The molecule has 0 fully saturated rings. The molecule has 0 atom stereocenters. The molecule has 19 heavy (non-hydrogen) atoms. The molecule has 2 rings (SSSR count). The molecule has 2 N–H and O–H groups in total. The molecule has 0 unspecified atom stereocenters. The van der Waals surface area contributed by atoms with E-state index in [4.69, 9.17) is 9.52 Å². The van der Waals surface area contributed by atoms with Gasteiger partial charge in [-0.2, -0.15) is 0 Å². The highest BCUT2D eigenvalue weighted by Crippen LogP contribution is 2.30. The molecule has 1 heterocycles. The number of furan rings is 1. The quantitative estimate of drug-likeness (QED) is 0.887. The molecule has 1 aromatic heterocycles. The van der Waals surface area contributed by atoms with Crippen molar-refractivity contribution in [2.24, 2.45) is 0 Å². The molecule has 1 amide bonds. The number of fused-ring (bicyclic) bond motifs is 1. The van der Waals surface area contributed by atoms with Gasteiger partial charge in [0, 0.05) is 10.9 Å². The molecule has 0 bridgehead atoms. The Labute approximate surface area is 110 Å². The van der Waals surface area contributed by atoms with Crippen LogP contribution in [0.3, 0.4) is 0 Å². The van der Waals surface area contributed by atoms with Gasteiger partial charge in [-0.05, 0) is 31.9 Å². The van der Waals surface area contributed by atoms with Gasteiger partial charge < -0.3 is 14.8 Å². The molecule has 0 saturated carbocycles. The molecular formula is C14H15NO4. The summed E-state index contributed by atoms with van der Waals surface area (Å²) in [7, 11) is 0. The maximum absolute atomic E-state index is 11.9. The summed E-state index contributed by atoms with van der Waals surface area (Å²) in [6.07, 6.45) is 0. The summed E-state index contributed by atoms with van der Waals surface area (Å²) >= 11 is 0. The number of rotatable bonds is 3. The van der Waals surface area contributed by atoms with E-state index >= 15 is 0 Å². The predicted molar refractivity (Wildman–Crippen MR) is 70.4 cm³/mol. The van der Waals surface area contributed by atoms with Crippen molar-refractivity contribution in [1.82, 2.24) is 5.32 Å². The Bertz CT molecular complexity index is 670. The van der Waals surface area contributed by atoms with Crippen LogP contribution in [0, 0.1) is 20.8 Å². The highest BCUT2D eigenvalue weighted by molar-refractivity contribution is 6.01. The SMILES string of the molecule is Cc1ccc(C)c2c(C)c(C(=O)NCC(=O)O)oc12. The van der Waals surface area contributed by atoms with Crippen LogP contribution in [-0.4, -0.2) is 23.5 Å². The van der Waals surface area contributed by atoms with Gasteiger partial charge in [-0.3, -0.25) is 9.59 Å². The molecule has 5 nitrogen and oxygen atoms in total. The van der Waals surface area contributed by atoms with Crippen molar-refractivity contribution in [2.75, 3.05) is 6.54 Å². The normalized spacial score (nSPS) is 10.7.